The fourth-order valence-electron chi connectivity index (χ4n) is 1.74. The Morgan fingerprint density at radius 3 is 2.69 bits per heavy atom. The molecule has 1 aromatic heterocycles. The van der Waals surface area contributed by atoms with Crippen LogP contribution in [0.2, 0.25) is 0 Å². The molecule has 0 saturated carbocycles. The highest BCUT2D eigenvalue weighted by Crippen LogP contribution is 2.23. The van der Waals surface area contributed by atoms with Crippen molar-refractivity contribution in [2.45, 2.75) is 32.3 Å². The van der Waals surface area contributed by atoms with Crippen molar-refractivity contribution in [3.63, 3.8) is 0 Å². The third-order valence-electron chi connectivity index (χ3n) is 3.07. The summed E-state index contributed by atoms with van der Waals surface area (Å²) in [5.74, 6) is 0.184. The van der Waals surface area contributed by atoms with Crippen molar-refractivity contribution in [1.82, 2.24) is 9.78 Å². The summed E-state index contributed by atoms with van der Waals surface area (Å²) in [5.41, 5.74) is 0.405. The second-order valence-electron chi connectivity index (χ2n) is 4.71. The third-order valence-corrected chi connectivity index (χ3v) is 3.07. The maximum atomic E-state index is 10.4. The van der Waals surface area contributed by atoms with Crippen LogP contribution in [0.1, 0.15) is 25.8 Å². The minimum atomic E-state index is -0.745. The molecule has 0 aliphatic carbocycles. The molecule has 16 heavy (non-hydrogen) atoms. The monoisotopic (exact) mass is 226 g/mol. The van der Waals surface area contributed by atoms with E-state index in [2.05, 4.69) is 5.10 Å². The second-order valence-corrected chi connectivity index (χ2v) is 4.71. The highest BCUT2D eigenvalue weighted by molar-refractivity contribution is 5.05. The standard InChI is InChI=1S/C12H22N2O2/c1-10(2)12(15,9-16-4)6-5-11-7-13-14(3)8-11/h7-8,10,15H,5-6,9H2,1-4H3. The summed E-state index contributed by atoms with van der Waals surface area (Å²) >= 11 is 0. The van der Waals surface area contributed by atoms with Gasteiger partial charge < -0.3 is 9.84 Å². The molecule has 1 rings (SSSR count). The first-order valence-corrected chi connectivity index (χ1v) is 5.67. The Balaban J connectivity index is 2.56. The Morgan fingerprint density at radius 1 is 1.56 bits per heavy atom. The molecule has 0 radical (unpaired) electrons. The number of rotatable bonds is 6. The van der Waals surface area contributed by atoms with Gasteiger partial charge in [0.1, 0.15) is 0 Å². The van der Waals surface area contributed by atoms with Crippen LogP contribution in [0.15, 0.2) is 12.4 Å². The zero-order valence-electron chi connectivity index (χ0n) is 10.6. The summed E-state index contributed by atoms with van der Waals surface area (Å²) < 4.78 is 6.87. The second kappa shape index (κ2) is 5.46. The SMILES string of the molecule is COCC(O)(CCc1cnn(C)c1)C(C)C. The van der Waals surface area contributed by atoms with E-state index in [-0.39, 0.29) is 5.92 Å². The molecule has 0 bridgehead atoms. The molecule has 0 amide bonds. The minimum absolute atomic E-state index is 0.184. The van der Waals surface area contributed by atoms with Crippen molar-refractivity contribution < 1.29 is 9.84 Å². The van der Waals surface area contributed by atoms with Gasteiger partial charge in [-0.2, -0.15) is 5.10 Å². The minimum Gasteiger partial charge on any atom is -0.387 e. The number of methoxy groups -OCH3 is 1. The topological polar surface area (TPSA) is 47.3 Å². The van der Waals surface area contributed by atoms with Gasteiger partial charge in [0.15, 0.2) is 0 Å². The van der Waals surface area contributed by atoms with Gasteiger partial charge in [0, 0.05) is 20.4 Å². The summed E-state index contributed by atoms with van der Waals surface area (Å²) in [6.45, 7) is 4.41. The summed E-state index contributed by atoms with van der Waals surface area (Å²) in [6, 6.07) is 0. The normalized spacial score (nSPS) is 15.4. The molecule has 4 heteroatoms. The number of aromatic nitrogens is 2. The number of ether oxygens (including phenoxy) is 1. The van der Waals surface area contributed by atoms with E-state index < -0.39 is 5.60 Å². The van der Waals surface area contributed by atoms with E-state index in [1.54, 1.807) is 11.8 Å². The first-order valence-electron chi connectivity index (χ1n) is 5.67. The van der Waals surface area contributed by atoms with Crippen LogP contribution >= 0.6 is 0 Å². The maximum Gasteiger partial charge on any atom is 0.0905 e. The van der Waals surface area contributed by atoms with E-state index in [0.29, 0.717) is 13.0 Å². The van der Waals surface area contributed by atoms with Gasteiger partial charge in [0.05, 0.1) is 18.4 Å². The van der Waals surface area contributed by atoms with E-state index >= 15 is 0 Å². The molecule has 0 spiro atoms. The van der Waals surface area contributed by atoms with E-state index in [9.17, 15) is 5.11 Å². The van der Waals surface area contributed by atoms with E-state index in [4.69, 9.17) is 4.74 Å². The Morgan fingerprint density at radius 2 is 2.25 bits per heavy atom. The molecule has 92 valence electrons. The molecule has 1 atom stereocenters. The van der Waals surface area contributed by atoms with E-state index in [1.807, 2.05) is 33.3 Å². The van der Waals surface area contributed by atoms with Gasteiger partial charge in [0.25, 0.3) is 0 Å². The first kappa shape index (κ1) is 13.2. The van der Waals surface area contributed by atoms with E-state index in [1.165, 1.54) is 0 Å². The molecule has 1 N–H and O–H groups in total. The third kappa shape index (κ3) is 3.32. The van der Waals surface area contributed by atoms with Crippen LogP contribution in [0.4, 0.5) is 0 Å². The van der Waals surface area contributed by atoms with Gasteiger partial charge in [0.2, 0.25) is 0 Å². The van der Waals surface area contributed by atoms with Crippen LogP contribution < -0.4 is 0 Å². The lowest BCUT2D eigenvalue weighted by Gasteiger charge is -2.31. The lowest BCUT2D eigenvalue weighted by Crippen LogP contribution is -2.40. The van der Waals surface area contributed by atoms with Gasteiger partial charge in [-0.3, -0.25) is 4.68 Å². The van der Waals surface area contributed by atoms with Crippen LogP contribution in [0, 0.1) is 5.92 Å². The van der Waals surface area contributed by atoms with Crippen molar-refractivity contribution in [3.05, 3.63) is 18.0 Å². The van der Waals surface area contributed by atoms with Crippen LogP contribution in [0.3, 0.4) is 0 Å². The smallest absolute Gasteiger partial charge is 0.0905 e. The fourth-order valence-corrected chi connectivity index (χ4v) is 1.74. The molecule has 0 aliphatic heterocycles. The van der Waals surface area contributed by atoms with Crippen LogP contribution in [-0.4, -0.2) is 34.2 Å². The quantitative estimate of drug-likeness (QED) is 0.797. The van der Waals surface area contributed by atoms with Gasteiger partial charge in [-0.1, -0.05) is 13.8 Å². The first-order chi connectivity index (χ1) is 7.48. The van der Waals surface area contributed by atoms with Crippen molar-refractivity contribution in [3.8, 4) is 0 Å². The molecule has 4 nitrogen and oxygen atoms in total. The van der Waals surface area contributed by atoms with Gasteiger partial charge >= 0.3 is 0 Å². The van der Waals surface area contributed by atoms with Crippen molar-refractivity contribution in [2.24, 2.45) is 13.0 Å². The molecular weight excluding hydrogens is 204 g/mol. The fraction of sp³-hybridized carbons (Fsp3) is 0.750. The molecule has 0 aromatic carbocycles. The predicted octanol–water partition coefficient (Wildman–Crippen LogP) is 1.39. The molecule has 0 aliphatic rings. The number of aliphatic hydroxyl groups is 1. The maximum absolute atomic E-state index is 10.4. The van der Waals surface area contributed by atoms with Crippen molar-refractivity contribution in [2.75, 3.05) is 13.7 Å². The van der Waals surface area contributed by atoms with Gasteiger partial charge in [-0.25, -0.2) is 0 Å². The van der Waals surface area contributed by atoms with Crippen molar-refractivity contribution in [1.29, 1.82) is 0 Å². The number of hydrogen-bond donors (Lipinski definition) is 1. The van der Waals surface area contributed by atoms with Gasteiger partial charge in [-0.15, -0.1) is 0 Å². The highest BCUT2D eigenvalue weighted by atomic mass is 16.5. The highest BCUT2D eigenvalue weighted by Gasteiger charge is 2.30. The molecule has 0 fully saturated rings. The number of nitrogens with zero attached hydrogens (tertiary/aromatic N) is 2. The molecule has 0 saturated heterocycles. The molecule has 1 heterocycles. The lowest BCUT2D eigenvalue weighted by molar-refractivity contribution is -0.0696. The molecular formula is C12H22N2O2. The van der Waals surface area contributed by atoms with Crippen LogP contribution in [0.5, 0.6) is 0 Å². The Hall–Kier alpha value is -0.870. The Bertz CT molecular complexity index is 323. The summed E-state index contributed by atoms with van der Waals surface area (Å²) in [4.78, 5) is 0. The zero-order valence-corrected chi connectivity index (χ0v) is 10.6. The lowest BCUT2D eigenvalue weighted by atomic mass is 9.86. The van der Waals surface area contributed by atoms with Gasteiger partial charge in [-0.05, 0) is 24.3 Å². The summed E-state index contributed by atoms with van der Waals surface area (Å²) in [6.07, 6.45) is 5.34. The molecule has 1 unspecified atom stereocenters. The largest absolute Gasteiger partial charge is 0.387 e. The zero-order chi connectivity index (χ0) is 12.2. The number of aryl methyl sites for hydroxylation is 2. The molecule has 1 aromatic rings. The summed E-state index contributed by atoms with van der Waals surface area (Å²) in [5, 5.41) is 14.5. The summed E-state index contributed by atoms with van der Waals surface area (Å²) in [7, 11) is 3.52. The van der Waals surface area contributed by atoms with E-state index in [0.717, 1.165) is 12.0 Å². The predicted molar refractivity (Wildman–Crippen MR) is 63.2 cm³/mol. The average Bonchev–Trinajstić information content (AvgIpc) is 2.61. The van der Waals surface area contributed by atoms with Crippen LogP contribution in [-0.2, 0) is 18.2 Å². The average molecular weight is 226 g/mol. The van der Waals surface area contributed by atoms with Crippen molar-refractivity contribution >= 4 is 0 Å². The Labute approximate surface area is 97.2 Å². The number of hydrogen-bond acceptors (Lipinski definition) is 3. The van der Waals surface area contributed by atoms with Crippen LogP contribution in [0.25, 0.3) is 0 Å². The Kier molecular flexibility index (Phi) is 4.50.